The average Bonchev–Trinajstić information content (AvgIpc) is 2.68. The van der Waals surface area contributed by atoms with Crippen molar-refractivity contribution in [1.82, 2.24) is 9.88 Å². The lowest BCUT2D eigenvalue weighted by molar-refractivity contribution is -0.121. The molecule has 1 aliphatic rings. The third-order valence-electron chi connectivity index (χ3n) is 4.00. The van der Waals surface area contributed by atoms with E-state index in [1.807, 2.05) is 20.8 Å². The van der Waals surface area contributed by atoms with Gasteiger partial charge in [0.2, 0.25) is 5.91 Å². The van der Waals surface area contributed by atoms with E-state index in [0.29, 0.717) is 0 Å². The molecule has 1 atom stereocenters. The van der Waals surface area contributed by atoms with Crippen LogP contribution in [0.5, 0.6) is 0 Å². The van der Waals surface area contributed by atoms with Crippen LogP contribution < -0.4 is 5.32 Å². The number of piperidine rings is 1. The molecule has 0 aromatic carbocycles. The van der Waals surface area contributed by atoms with E-state index in [1.165, 1.54) is 12.8 Å². The molecule has 4 nitrogen and oxygen atoms in total. The third kappa shape index (κ3) is 3.54. The number of aryl methyl sites for hydroxylation is 2. The maximum absolute atomic E-state index is 12.2. The van der Waals surface area contributed by atoms with Crippen molar-refractivity contribution in [2.75, 3.05) is 18.4 Å². The Kier molecular flexibility index (Phi) is 4.58. The van der Waals surface area contributed by atoms with Gasteiger partial charge < -0.3 is 5.32 Å². The monoisotopic (exact) mass is 281 g/mol. The molecule has 106 valence electrons. The number of aromatic nitrogens is 1. The predicted molar refractivity (Wildman–Crippen MR) is 79.7 cm³/mol. The Balaban J connectivity index is 1.92. The molecular formula is C14H23N3OS. The summed E-state index contributed by atoms with van der Waals surface area (Å²) in [6, 6.07) is -0.0722. The molecule has 2 rings (SSSR count). The highest BCUT2D eigenvalue weighted by molar-refractivity contribution is 7.15. The first-order valence-corrected chi connectivity index (χ1v) is 7.78. The Labute approximate surface area is 119 Å². The van der Waals surface area contributed by atoms with Crippen LogP contribution in [0.4, 0.5) is 5.13 Å². The number of anilines is 1. The van der Waals surface area contributed by atoms with Gasteiger partial charge in [0.15, 0.2) is 5.13 Å². The molecule has 19 heavy (non-hydrogen) atoms. The van der Waals surface area contributed by atoms with Crippen molar-refractivity contribution < 1.29 is 4.79 Å². The number of amides is 1. The van der Waals surface area contributed by atoms with E-state index in [4.69, 9.17) is 0 Å². The van der Waals surface area contributed by atoms with Gasteiger partial charge in [-0.05, 0) is 52.6 Å². The predicted octanol–water partition coefficient (Wildman–Crippen LogP) is 2.82. The largest absolute Gasteiger partial charge is 0.301 e. The second-order valence-electron chi connectivity index (χ2n) is 5.54. The zero-order chi connectivity index (χ0) is 14.0. The van der Waals surface area contributed by atoms with Crippen LogP contribution in [0, 0.1) is 19.8 Å². The summed E-state index contributed by atoms with van der Waals surface area (Å²) in [5, 5.41) is 3.66. The molecule has 0 spiro atoms. The Morgan fingerprint density at radius 3 is 2.58 bits per heavy atom. The summed E-state index contributed by atoms with van der Waals surface area (Å²) in [6.45, 7) is 10.3. The van der Waals surface area contributed by atoms with Gasteiger partial charge in [-0.2, -0.15) is 0 Å². The van der Waals surface area contributed by atoms with Crippen LogP contribution in [0.3, 0.4) is 0 Å². The van der Waals surface area contributed by atoms with E-state index in [0.717, 1.165) is 34.7 Å². The number of nitrogens with zero attached hydrogens (tertiary/aromatic N) is 2. The summed E-state index contributed by atoms with van der Waals surface area (Å²) in [5.41, 5.74) is 1.000. The lowest BCUT2D eigenvalue weighted by Crippen LogP contribution is -2.45. The van der Waals surface area contributed by atoms with Crippen molar-refractivity contribution in [2.24, 2.45) is 5.92 Å². The molecule has 1 aromatic heterocycles. The Bertz CT molecular complexity index is 430. The molecule has 2 heterocycles. The number of thiazole rings is 1. The van der Waals surface area contributed by atoms with Gasteiger partial charge in [-0.3, -0.25) is 9.69 Å². The van der Waals surface area contributed by atoms with Crippen molar-refractivity contribution >= 4 is 22.4 Å². The minimum atomic E-state index is -0.0722. The van der Waals surface area contributed by atoms with Crippen molar-refractivity contribution in [3.63, 3.8) is 0 Å². The average molecular weight is 281 g/mol. The van der Waals surface area contributed by atoms with E-state index >= 15 is 0 Å². The number of rotatable bonds is 3. The zero-order valence-electron chi connectivity index (χ0n) is 12.2. The molecule has 1 aliphatic heterocycles. The van der Waals surface area contributed by atoms with Gasteiger partial charge in [0.25, 0.3) is 0 Å². The van der Waals surface area contributed by atoms with Gasteiger partial charge in [-0.15, -0.1) is 11.3 Å². The summed E-state index contributed by atoms with van der Waals surface area (Å²) >= 11 is 1.55. The molecule has 1 N–H and O–H groups in total. The first-order chi connectivity index (χ1) is 8.97. The summed E-state index contributed by atoms with van der Waals surface area (Å²) in [7, 11) is 0. The second kappa shape index (κ2) is 6.01. The van der Waals surface area contributed by atoms with Crippen LogP contribution in [0.15, 0.2) is 0 Å². The van der Waals surface area contributed by atoms with Crippen LogP contribution >= 0.6 is 11.3 Å². The van der Waals surface area contributed by atoms with Crippen LogP contribution in [-0.4, -0.2) is 34.9 Å². The molecule has 0 aliphatic carbocycles. The van der Waals surface area contributed by atoms with E-state index < -0.39 is 0 Å². The fourth-order valence-electron chi connectivity index (χ4n) is 2.32. The van der Waals surface area contributed by atoms with Crippen molar-refractivity contribution in [1.29, 1.82) is 0 Å². The summed E-state index contributed by atoms with van der Waals surface area (Å²) in [5.74, 6) is 0.846. The number of likely N-dealkylation sites (tertiary alicyclic amines) is 1. The molecule has 1 amide bonds. The van der Waals surface area contributed by atoms with Crippen molar-refractivity contribution in [3.05, 3.63) is 10.6 Å². The molecule has 0 bridgehead atoms. The number of nitrogens with one attached hydrogen (secondary N) is 1. The Hall–Kier alpha value is -0.940. The maximum Gasteiger partial charge on any atom is 0.243 e. The number of hydrogen-bond acceptors (Lipinski definition) is 4. The van der Waals surface area contributed by atoms with Gasteiger partial charge in [-0.1, -0.05) is 6.92 Å². The minimum Gasteiger partial charge on any atom is -0.301 e. The first-order valence-electron chi connectivity index (χ1n) is 6.96. The van der Waals surface area contributed by atoms with E-state index in [1.54, 1.807) is 11.3 Å². The fourth-order valence-corrected chi connectivity index (χ4v) is 3.14. The Morgan fingerprint density at radius 2 is 2.05 bits per heavy atom. The quantitative estimate of drug-likeness (QED) is 0.926. The minimum absolute atomic E-state index is 0.0586. The number of carbonyl (C=O) groups excluding carboxylic acids is 1. The van der Waals surface area contributed by atoms with Crippen LogP contribution in [0.1, 0.15) is 37.3 Å². The second-order valence-corrected chi connectivity index (χ2v) is 6.75. The standard InChI is InChI=1S/C14H23N3OS/c1-9-5-7-17(8-6-9)11(3)13(18)16-14-15-10(2)12(4)19-14/h9,11H,5-8H2,1-4H3,(H,15,16,18)/t11-/m1/s1. The molecule has 1 fully saturated rings. The highest BCUT2D eigenvalue weighted by Crippen LogP contribution is 2.22. The van der Waals surface area contributed by atoms with Crippen LogP contribution in [0.25, 0.3) is 0 Å². The van der Waals surface area contributed by atoms with Gasteiger partial charge >= 0.3 is 0 Å². The van der Waals surface area contributed by atoms with Crippen molar-refractivity contribution in [3.8, 4) is 0 Å². The van der Waals surface area contributed by atoms with Crippen LogP contribution in [0.2, 0.25) is 0 Å². The molecular weight excluding hydrogens is 258 g/mol. The van der Waals surface area contributed by atoms with E-state index in [-0.39, 0.29) is 11.9 Å². The maximum atomic E-state index is 12.2. The highest BCUT2D eigenvalue weighted by Gasteiger charge is 2.25. The van der Waals surface area contributed by atoms with Crippen LogP contribution in [-0.2, 0) is 4.79 Å². The first kappa shape index (κ1) is 14.5. The molecule has 0 unspecified atom stereocenters. The fraction of sp³-hybridized carbons (Fsp3) is 0.714. The lowest BCUT2D eigenvalue weighted by Gasteiger charge is -2.33. The number of carbonyl (C=O) groups is 1. The SMILES string of the molecule is Cc1nc(NC(=O)[C@@H](C)N2CCC(C)CC2)sc1C. The Morgan fingerprint density at radius 1 is 1.42 bits per heavy atom. The lowest BCUT2D eigenvalue weighted by atomic mass is 9.98. The van der Waals surface area contributed by atoms with E-state index in [2.05, 4.69) is 22.1 Å². The smallest absolute Gasteiger partial charge is 0.243 e. The van der Waals surface area contributed by atoms with Gasteiger partial charge in [0.1, 0.15) is 0 Å². The molecule has 0 saturated carbocycles. The van der Waals surface area contributed by atoms with Gasteiger partial charge in [0.05, 0.1) is 11.7 Å². The summed E-state index contributed by atoms with van der Waals surface area (Å²) in [4.78, 5) is 20.0. The van der Waals surface area contributed by atoms with Gasteiger partial charge in [0, 0.05) is 4.88 Å². The number of hydrogen-bond donors (Lipinski definition) is 1. The molecule has 0 radical (unpaired) electrons. The topological polar surface area (TPSA) is 45.2 Å². The van der Waals surface area contributed by atoms with Crippen molar-refractivity contribution in [2.45, 2.75) is 46.6 Å². The van der Waals surface area contributed by atoms with E-state index in [9.17, 15) is 4.79 Å². The zero-order valence-corrected chi connectivity index (χ0v) is 13.0. The third-order valence-corrected chi connectivity index (χ3v) is 4.99. The molecule has 5 heteroatoms. The summed E-state index contributed by atoms with van der Waals surface area (Å²) in [6.07, 6.45) is 2.38. The normalized spacial score (nSPS) is 19.4. The highest BCUT2D eigenvalue weighted by atomic mass is 32.1. The molecule has 1 saturated heterocycles. The van der Waals surface area contributed by atoms with Gasteiger partial charge in [-0.25, -0.2) is 4.98 Å². The summed E-state index contributed by atoms with van der Waals surface area (Å²) < 4.78 is 0. The molecule has 1 aromatic rings.